The van der Waals surface area contributed by atoms with Gasteiger partial charge in [-0.3, -0.25) is 9.59 Å². The molecular weight excluding hydrogens is 324 g/mol. The van der Waals surface area contributed by atoms with E-state index in [0.29, 0.717) is 31.5 Å². The maximum atomic E-state index is 12.6. The summed E-state index contributed by atoms with van der Waals surface area (Å²) in [6.45, 7) is 7.26. The second-order valence-corrected chi connectivity index (χ2v) is 7.19. The van der Waals surface area contributed by atoms with Gasteiger partial charge in [-0.1, -0.05) is 35.9 Å². The Bertz CT molecular complexity index is 783. The Kier molecular flexibility index (Phi) is 5.40. The maximum Gasteiger partial charge on any atom is 0.253 e. The highest BCUT2D eigenvalue weighted by Crippen LogP contribution is 2.24. The van der Waals surface area contributed by atoms with Crippen molar-refractivity contribution in [1.82, 2.24) is 4.90 Å². The maximum absolute atomic E-state index is 12.6. The zero-order valence-corrected chi connectivity index (χ0v) is 15.7. The third kappa shape index (κ3) is 3.96. The second kappa shape index (κ2) is 7.73. The van der Waals surface area contributed by atoms with Crippen LogP contribution in [0.2, 0.25) is 0 Å². The van der Waals surface area contributed by atoms with Crippen LogP contribution in [0.15, 0.2) is 42.5 Å². The summed E-state index contributed by atoms with van der Waals surface area (Å²) in [7, 11) is 0. The van der Waals surface area contributed by atoms with E-state index in [1.165, 1.54) is 0 Å². The lowest BCUT2D eigenvalue weighted by Gasteiger charge is -2.31. The molecule has 0 bridgehead atoms. The second-order valence-electron chi connectivity index (χ2n) is 7.19. The molecule has 1 saturated heterocycles. The Balaban J connectivity index is 1.58. The summed E-state index contributed by atoms with van der Waals surface area (Å²) in [5.41, 5.74) is 4.92. The summed E-state index contributed by atoms with van der Waals surface area (Å²) < 4.78 is 0. The van der Waals surface area contributed by atoms with Gasteiger partial charge < -0.3 is 10.2 Å². The number of benzene rings is 2. The summed E-state index contributed by atoms with van der Waals surface area (Å²) in [6, 6.07) is 13.7. The van der Waals surface area contributed by atoms with Crippen molar-refractivity contribution in [2.75, 3.05) is 18.4 Å². The molecule has 1 N–H and O–H groups in total. The highest BCUT2D eigenvalue weighted by molar-refractivity contribution is 5.96. The SMILES string of the molecule is Cc1ccc(C(=O)N2CCC(C(=O)Nc3c(C)cccc3C)CC2)cc1. The Labute approximate surface area is 155 Å². The molecule has 0 radical (unpaired) electrons. The normalized spacial score (nSPS) is 15.0. The number of amides is 2. The minimum atomic E-state index is -0.0453. The first-order valence-electron chi connectivity index (χ1n) is 9.18. The number of carbonyl (C=O) groups excluding carboxylic acids is 2. The van der Waals surface area contributed by atoms with Gasteiger partial charge in [0.15, 0.2) is 0 Å². The van der Waals surface area contributed by atoms with Gasteiger partial charge in [0.2, 0.25) is 5.91 Å². The molecule has 2 aromatic carbocycles. The number of hydrogen-bond acceptors (Lipinski definition) is 2. The van der Waals surface area contributed by atoms with Crippen LogP contribution in [0.25, 0.3) is 0 Å². The number of rotatable bonds is 3. The van der Waals surface area contributed by atoms with Crippen molar-refractivity contribution in [3.63, 3.8) is 0 Å². The number of likely N-dealkylation sites (tertiary alicyclic amines) is 1. The van der Waals surface area contributed by atoms with Crippen molar-refractivity contribution >= 4 is 17.5 Å². The fourth-order valence-electron chi connectivity index (χ4n) is 3.46. The highest BCUT2D eigenvalue weighted by Gasteiger charge is 2.28. The molecule has 1 aliphatic heterocycles. The summed E-state index contributed by atoms with van der Waals surface area (Å²) in [6.07, 6.45) is 1.41. The molecule has 136 valence electrons. The molecule has 26 heavy (non-hydrogen) atoms. The van der Waals surface area contributed by atoms with Crippen LogP contribution in [-0.2, 0) is 4.79 Å². The Morgan fingerprint density at radius 3 is 2.08 bits per heavy atom. The van der Waals surface area contributed by atoms with E-state index in [0.717, 1.165) is 22.4 Å². The first-order chi connectivity index (χ1) is 12.5. The van der Waals surface area contributed by atoms with Crippen LogP contribution in [0.5, 0.6) is 0 Å². The lowest BCUT2D eigenvalue weighted by Crippen LogP contribution is -2.41. The van der Waals surface area contributed by atoms with Gasteiger partial charge in [0.05, 0.1) is 0 Å². The summed E-state index contributed by atoms with van der Waals surface area (Å²) >= 11 is 0. The molecule has 1 fully saturated rings. The summed E-state index contributed by atoms with van der Waals surface area (Å²) in [5.74, 6) is 0.0690. The lowest BCUT2D eigenvalue weighted by molar-refractivity contribution is -0.121. The number of carbonyl (C=O) groups is 2. The van der Waals surface area contributed by atoms with Gasteiger partial charge in [0, 0.05) is 30.3 Å². The molecule has 2 amide bonds. The van der Waals surface area contributed by atoms with Gasteiger partial charge >= 0.3 is 0 Å². The van der Waals surface area contributed by atoms with Crippen LogP contribution >= 0.6 is 0 Å². The van der Waals surface area contributed by atoms with Crippen LogP contribution in [0.1, 0.15) is 39.9 Å². The Hall–Kier alpha value is -2.62. The Morgan fingerprint density at radius 2 is 1.50 bits per heavy atom. The van der Waals surface area contributed by atoms with E-state index in [9.17, 15) is 9.59 Å². The number of para-hydroxylation sites is 1. The molecule has 4 nitrogen and oxygen atoms in total. The molecule has 1 heterocycles. The monoisotopic (exact) mass is 350 g/mol. The first-order valence-corrected chi connectivity index (χ1v) is 9.18. The van der Waals surface area contributed by atoms with Gasteiger partial charge in [-0.15, -0.1) is 0 Å². The number of nitrogens with one attached hydrogen (secondary N) is 1. The van der Waals surface area contributed by atoms with Gasteiger partial charge in [0.25, 0.3) is 5.91 Å². The van der Waals surface area contributed by atoms with E-state index in [1.54, 1.807) is 0 Å². The van der Waals surface area contributed by atoms with Crippen LogP contribution < -0.4 is 5.32 Å². The molecule has 2 aromatic rings. The molecule has 1 aliphatic rings. The zero-order valence-electron chi connectivity index (χ0n) is 15.7. The molecule has 0 unspecified atom stereocenters. The number of anilines is 1. The van der Waals surface area contributed by atoms with Gasteiger partial charge in [0.1, 0.15) is 0 Å². The smallest absolute Gasteiger partial charge is 0.253 e. The van der Waals surface area contributed by atoms with E-state index < -0.39 is 0 Å². The van der Waals surface area contributed by atoms with Crippen molar-refractivity contribution < 1.29 is 9.59 Å². The fourth-order valence-corrected chi connectivity index (χ4v) is 3.46. The average Bonchev–Trinajstić information content (AvgIpc) is 2.65. The van der Waals surface area contributed by atoms with Gasteiger partial charge in [-0.2, -0.15) is 0 Å². The third-order valence-electron chi connectivity index (χ3n) is 5.18. The van der Waals surface area contributed by atoms with Crippen molar-refractivity contribution in [2.45, 2.75) is 33.6 Å². The molecule has 4 heteroatoms. The van der Waals surface area contributed by atoms with E-state index in [2.05, 4.69) is 5.32 Å². The van der Waals surface area contributed by atoms with Crippen molar-refractivity contribution in [3.8, 4) is 0 Å². The molecular formula is C22H26N2O2. The van der Waals surface area contributed by atoms with E-state index in [-0.39, 0.29) is 17.7 Å². The largest absolute Gasteiger partial charge is 0.339 e. The topological polar surface area (TPSA) is 49.4 Å². The van der Waals surface area contributed by atoms with Crippen LogP contribution in [0.4, 0.5) is 5.69 Å². The van der Waals surface area contributed by atoms with Crippen LogP contribution in [-0.4, -0.2) is 29.8 Å². The Morgan fingerprint density at radius 1 is 0.923 bits per heavy atom. The highest BCUT2D eigenvalue weighted by atomic mass is 16.2. The number of hydrogen-bond donors (Lipinski definition) is 1. The van der Waals surface area contributed by atoms with Crippen molar-refractivity contribution in [2.24, 2.45) is 5.92 Å². The molecule has 0 aliphatic carbocycles. The van der Waals surface area contributed by atoms with E-state index in [1.807, 2.05) is 68.1 Å². The van der Waals surface area contributed by atoms with Gasteiger partial charge in [-0.25, -0.2) is 0 Å². The zero-order chi connectivity index (χ0) is 18.7. The minimum absolute atomic E-state index is 0.0453. The minimum Gasteiger partial charge on any atom is -0.339 e. The van der Waals surface area contributed by atoms with Gasteiger partial charge in [-0.05, 0) is 56.9 Å². The van der Waals surface area contributed by atoms with Crippen molar-refractivity contribution in [3.05, 3.63) is 64.7 Å². The number of piperidine rings is 1. The van der Waals surface area contributed by atoms with Crippen molar-refractivity contribution in [1.29, 1.82) is 0 Å². The molecule has 3 rings (SSSR count). The molecule has 0 atom stereocenters. The summed E-state index contributed by atoms with van der Waals surface area (Å²) in [4.78, 5) is 27.1. The summed E-state index contributed by atoms with van der Waals surface area (Å²) in [5, 5.41) is 3.09. The van der Waals surface area contributed by atoms with E-state index >= 15 is 0 Å². The lowest BCUT2D eigenvalue weighted by atomic mass is 9.95. The quantitative estimate of drug-likeness (QED) is 0.906. The average molecular weight is 350 g/mol. The van der Waals surface area contributed by atoms with Crippen LogP contribution in [0, 0.1) is 26.7 Å². The number of nitrogens with zero attached hydrogens (tertiary/aromatic N) is 1. The predicted octanol–water partition coefficient (Wildman–Crippen LogP) is 4.10. The van der Waals surface area contributed by atoms with E-state index in [4.69, 9.17) is 0 Å². The fraction of sp³-hybridized carbons (Fsp3) is 0.364. The number of aryl methyl sites for hydroxylation is 3. The molecule has 0 aromatic heterocycles. The van der Waals surface area contributed by atoms with Crippen LogP contribution in [0.3, 0.4) is 0 Å². The molecule has 0 saturated carbocycles. The predicted molar refractivity (Wildman–Crippen MR) is 104 cm³/mol. The first kappa shape index (κ1) is 18.2. The third-order valence-corrected chi connectivity index (χ3v) is 5.18. The standard InChI is InChI=1S/C22H26N2O2/c1-15-7-9-19(10-8-15)22(26)24-13-11-18(12-14-24)21(25)23-20-16(2)5-4-6-17(20)3/h4-10,18H,11-14H2,1-3H3,(H,23,25). The molecule has 0 spiro atoms.